The van der Waals surface area contributed by atoms with E-state index in [9.17, 15) is 4.79 Å². The lowest BCUT2D eigenvalue weighted by molar-refractivity contribution is 0.102. The van der Waals surface area contributed by atoms with E-state index in [1.165, 1.54) is 18.0 Å². The summed E-state index contributed by atoms with van der Waals surface area (Å²) in [5.41, 5.74) is 2.83. The van der Waals surface area contributed by atoms with E-state index < -0.39 is 0 Å². The van der Waals surface area contributed by atoms with Gasteiger partial charge in [0.1, 0.15) is 5.75 Å². The summed E-state index contributed by atoms with van der Waals surface area (Å²) in [6, 6.07) is 14.8. The third kappa shape index (κ3) is 4.39. The standard InChI is InChI=1S/C21H18ClN5O2S/c1-13-18(19(28)24-16-6-8-17(29-2)9-7-16)11-23-20-25-21(26-27(13)20)30-12-14-4-3-5-15(22)10-14/h3-11H,12H2,1-2H3,(H,24,28). The summed E-state index contributed by atoms with van der Waals surface area (Å²) in [5, 5.41) is 8.64. The van der Waals surface area contributed by atoms with Crippen LogP contribution in [-0.4, -0.2) is 32.6 Å². The number of amides is 1. The topological polar surface area (TPSA) is 81.4 Å². The van der Waals surface area contributed by atoms with Crippen LogP contribution in [0.25, 0.3) is 5.78 Å². The second-order valence-corrected chi connectivity index (χ2v) is 7.84. The summed E-state index contributed by atoms with van der Waals surface area (Å²) in [4.78, 5) is 21.5. The first-order chi connectivity index (χ1) is 14.5. The van der Waals surface area contributed by atoms with Crippen molar-refractivity contribution in [3.05, 3.63) is 76.6 Å². The Morgan fingerprint density at radius 1 is 1.23 bits per heavy atom. The number of fused-ring (bicyclic) bond motifs is 1. The molecule has 152 valence electrons. The lowest BCUT2D eigenvalue weighted by Crippen LogP contribution is -2.16. The molecule has 0 spiro atoms. The van der Waals surface area contributed by atoms with Gasteiger partial charge in [-0.2, -0.15) is 9.50 Å². The number of thioether (sulfide) groups is 1. The molecule has 0 unspecified atom stereocenters. The van der Waals surface area contributed by atoms with Gasteiger partial charge in [0, 0.05) is 22.7 Å². The summed E-state index contributed by atoms with van der Waals surface area (Å²) in [5.74, 6) is 1.58. The monoisotopic (exact) mass is 439 g/mol. The third-order valence-electron chi connectivity index (χ3n) is 4.44. The maximum absolute atomic E-state index is 12.7. The van der Waals surface area contributed by atoms with Gasteiger partial charge >= 0.3 is 0 Å². The molecule has 1 N–H and O–H groups in total. The Morgan fingerprint density at radius 3 is 2.77 bits per heavy atom. The number of nitrogens with one attached hydrogen (secondary N) is 1. The molecular formula is C21H18ClN5O2S. The van der Waals surface area contributed by atoms with E-state index in [0.29, 0.717) is 38.7 Å². The number of benzene rings is 2. The van der Waals surface area contributed by atoms with Crippen LogP contribution in [-0.2, 0) is 5.75 Å². The molecule has 0 aliphatic rings. The molecule has 0 fully saturated rings. The van der Waals surface area contributed by atoms with Gasteiger partial charge in [0.2, 0.25) is 5.16 Å². The van der Waals surface area contributed by atoms with Crippen molar-refractivity contribution in [2.75, 3.05) is 12.4 Å². The predicted molar refractivity (Wildman–Crippen MR) is 117 cm³/mol. The van der Waals surface area contributed by atoms with Gasteiger partial charge < -0.3 is 10.1 Å². The second kappa shape index (κ2) is 8.73. The van der Waals surface area contributed by atoms with Crippen LogP contribution in [0, 0.1) is 6.92 Å². The van der Waals surface area contributed by atoms with Crippen LogP contribution in [0.5, 0.6) is 5.75 Å². The lowest BCUT2D eigenvalue weighted by Gasteiger charge is -2.08. The average Bonchev–Trinajstić information content (AvgIpc) is 3.17. The first kappa shape index (κ1) is 20.2. The largest absolute Gasteiger partial charge is 0.497 e. The molecule has 0 atom stereocenters. The number of carbonyl (C=O) groups excluding carboxylic acids is 1. The molecule has 0 aliphatic carbocycles. The normalized spacial score (nSPS) is 10.9. The minimum absolute atomic E-state index is 0.268. The predicted octanol–water partition coefficient (Wildman–Crippen LogP) is 4.64. The Kier molecular flexibility index (Phi) is 5.87. The van der Waals surface area contributed by atoms with Gasteiger partial charge in [0.25, 0.3) is 11.7 Å². The summed E-state index contributed by atoms with van der Waals surface area (Å²) in [6.07, 6.45) is 1.52. The molecule has 7 nitrogen and oxygen atoms in total. The zero-order chi connectivity index (χ0) is 21.1. The van der Waals surface area contributed by atoms with Crippen LogP contribution in [0.2, 0.25) is 5.02 Å². The lowest BCUT2D eigenvalue weighted by atomic mass is 10.2. The average molecular weight is 440 g/mol. The van der Waals surface area contributed by atoms with Gasteiger partial charge in [-0.1, -0.05) is 35.5 Å². The Balaban J connectivity index is 1.52. The van der Waals surface area contributed by atoms with Crippen molar-refractivity contribution in [3.63, 3.8) is 0 Å². The molecule has 2 heterocycles. The number of anilines is 1. The summed E-state index contributed by atoms with van der Waals surface area (Å²) < 4.78 is 6.72. The highest BCUT2D eigenvalue weighted by atomic mass is 35.5. The quantitative estimate of drug-likeness (QED) is 0.441. The summed E-state index contributed by atoms with van der Waals surface area (Å²) in [7, 11) is 1.59. The zero-order valence-corrected chi connectivity index (χ0v) is 17.9. The zero-order valence-electron chi connectivity index (χ0n) is 16.3. The number of aryl methyl sites for hydroxylation is 1. The number of aromatic nitrogens is 4. The Hall–Kier alpha value is -3.10. The van der Waals surface area contributed by atoms with Crippen molar-refractivity contribution in [1.82, 2.24) is 19.6 Å². The van der Waals surface area contributed by atoms with Gasteiger partial charge in [-0.05, 0) is 48.9 Å². The van der Waals surface area contributed by atoms with E-state index in [1.807, 2.05) is 31.2 Å². The van der Waals surface area contributed by atoms with Crippen LogP contribution < -0.4 is 10.1 Å². The van der Waals surface area contributed by atoms with Crippen LogP contribution in [0.15, 0.2) is 59.9 Å². The van der Waals surface area contributed by atoms with Gasteiger partial charge in [0.15, 0.2) is 0 Å². The molecule has 0 bridgehead atoms. The molecule has 0 aliphatic heterocycles. The van der Waals surface area contributed by atoms with E-state index >= 15 is 0 Å². The number of methoxy groups -OCH3 is 1. The fraction of sp³-hybridized carbons (Fsp3) is 0.143. The highest BCUT2D eigenvalue weighted by molar-refractivity contribution is 7.98. The molecule has 0 radical (unpaired) electrons. The van der Waals surface area contributed by atoms with E-state index in [0.717, 1.165) is 11.3 Å². The maximum Gasteiger partial charge on any atom is 0.259 e. The highest BCUT2D eigenvalue weighted by Gasteiger charge is 2.16. The third-order valence-corrected chi connectivity index (χ3v) is 5.58. The van der Waals surface area contributed by atoms with Gasteiger partial charge in [-0.25, -0.2) is 4.98 Å². The van der Waals surface area contributed by atoms with E-state index in [-0.39, 0.29) is 5.91 Å². The Morgan fingerprint density at radius 2 is 2.03 bits per heavy atom. The molecule has 9 heteroatoms. The molecule has 4 rings (SSSR count). The van der Waals surface area contributed by atoms with Crippen LogP contribution in [0.1, 0.15) is 21.6 Å². The molecule has 0 saturated heterocycles. The van der Waals surface area contributed by atoms with Crippen molar-refractivity contribution in [2.24, 2.45) is 0 Å². The van der Waals surface area contributed by atoms with E-state index in [2.05, 4.69) is 20.4 Å². The maximum atomic E-state index is 12.7. The van der Waals surface area contributed by atoms with Crippen molar-refractivity contribution in [3.8, 4) is 5.75 Å². The number of hydrogen-bond donors (Lipinski definition) is 1. The number of nitrogens with zero attached hydrogens (tertiary/aromatic N) is 4. The van der Waals surface area contributed by atoms with E-state index in [1.54, 1.807) is 35.9 Å². The van der Waals surface area contributed by atoms with Crippen LogP contribution >= 0.6 is 23.4 Å². The van der Waals surface area contributed by atoms with Gasteiger partial charge in [0.05, 0.1) is 18.4 Å². The van der Waals surface area contributed by atoms with Crippen molar-refractivity contribution >= 4 is 40.7 Å². The first-order valence-electron chi connectivity index (χ1n) is 9.08. The van der Waals surface area contributed by atoms with Crippen molar-refractivity contribution < 1.29 is 9.53 Å². The number of rotatable bonds is 6. The second-order valence-electron chi connectivity index (χ2n) is 6.46. The summed E-state index contributed by atoms with van der Waals surface area (Å²) in [6.45, 7) is 1.82. The molecule has 4 aromatic rings. The van der Waals surface area contributed by atoms with Gasteiger partial charge in [-0.15, -0.1) is 5.10 Å². The highest BCUT2D eigenvalue weighted by Crippen LogP contribution is 2.23. The smallest absolute Gasteiger partial charge is 0.259 e. The molecule has 2 aromatic heterocycles. The summed E-state index contributed by atoms with van der Waals surface area (Å²) >= 11 is 7.52. The van der Waals surface area contributed by atoms with Crippen LogP contribution in [0.3, 0.4) is 0 Å². The van der Waals surface area contributed by atoms with Crippen molar-refractivity contribution in [2.45, 2.75) is 17.8 Å². The van der Waals surface area contributed by atoms with Crippen molar-refractivity contribution in [1.29, 1.82) is 0 Å². The minimum Gasteiger partial charge on any atom is -0.497 e. The Bertz CT molecular complexity index is 1210. The minimum atomic E-state index is -0.268. The number of ether oxygens (including phenoxy) is 1. The number of halogens is 1. The number of carbonyl (C=O) groups is 1. The SMILES string of the molecule is COc1ccc(NC(=O)c2cnc3nc(SCc4cccc(Cl)c4)nn3c2C)cc1. The molecule has 0 saturated carbocycles. The number of hydrogen-bond acceptors (Lipinski definition) is 6. The van der Waals surface area contributed by atoms with Gasteiger partial charge in [-0.3, -0.25) is 4.79 Å². The molecule has 1 amide bonds. The fourth-order valence-corrected chi connectivity index (χ4v) is 3.83. The Labute approximate surface area is 182 Å². The molecule has 30 heavy (non-hydrogen) atoms. The fourth-order valence-electron chi connectivity index (χ4n) is 2.86. The molecular weight excluding hydrogens is 422 g/mol. The van der Waals surface area contributed by atoms with E-state index in [4.69, 9.17) is 16.3 Å². The first-order valence-corrected chi connectivity index (χ1v) is 10.4. The molecule has 2 aromatic carbocycles. The van der Waals surface area contributed by atoms with Crippen LogP contribution in [0.4, 0.5) is 5.69 Å².